The van der Waals surface area contributed by atoms with Gasteiger partial charge in [0.15, 0.2) is 19.7 Å². The Morgan fingerprint density at radius 2 is 1.49 bits per heavy atom. The highest BCUT2D eigenvalue weighted by atomic mass is 32.2. The zero-order valence-electron chi connectivity index (χ0n) is 20.3. The van der Waals surface area contributed by atoms with E-state index in [4.69, 9.17) is 0 Å². The van der Waals surface area contributed by atoms with Gasteiger partial charge in [-0.25, -0.2) is 21.2 Å². The lowest BCUT2D eigenvalue weighted by Gasteiger charge is -2.36. The molecule has 0 aromatic heterocycles. The van der Waals surface area contributed by atoms with Crippen molar-refractivity contribution in [3.8, 4) is 11.1 Å². The number of sulfone groups is 2. The molecule has 0 atom stereocenters. The Hall–Kier alpha value is -3.24. The number of nitrogens with zero attached hydrogens (tertiary/aromatic N) is 2. The Morgan fingerprint density at radius 1 is 0.838 bits per heavy atom. The second-order valence-electron chi connectivity index (χ2n) is 9.48. The first kappa shape index (κ1) is 25.4. The third-order valence-corrected chi connectivity index (χ3v) is 10.2. The molecule has 3 aromatic rings. The number of carbonyl (C=O) groups excluding carboxylic acids is 1. The maximum absolute atomic E-state index is 14.9. The Morgan fingerprint density at radius 3 is 2.08 bits per heavy atom. The van der Waals surface area contributed by atoms with Crippen LogP contribution in [0.3, 0.4) is 0 Å². The van der Waals surface area contributed by atoms with Gasteiger partial charge in [-0.15, -0.1) is 0 Å². The molecular formula is C27H27FN2O5S2. The van der Waals surface area contributed by atoms with Crippen LogP contribution >= 0.6 is 0 Å². The number of carbonyl (C=O) groups is 1. The largest absolute Gasteiger partial charge is 0.366 e. The molecule has 5 rings (SSSR count). The monoisotopic (exact) mass is 542 g/mol. The lowest BCUT2D eigenvalue weighted by molar-refractivity contribution is 0.0747. The summed E-state index contributed by atoms with van der Waals surface area (Å²) in [6, 6.07) is 17.9. The molecule has 7 nitrogen and oxygen atoms in total. The van der Waals surface area contributed by atoms with Crippen molar-refractivity contribution in [2.24, 2.45) is 0 Å². The smallest absolute Gasteiger partial charge is 0.254 e. The fourth-order valence-electron chi connectivity index (χ4n) is 4.61. The molecule has 1 aliphatic heterocycles. The molecule has 0 spiro atoms. The van der Waals surface area contributed by atoms with Gasteiger partial charge in [0.25, 0.3) is 5.91 Å². The lowest BCUT2D eigenvalue weighted by Crippen LogP contribution is -2.49. The van der Waals surface area contributed by atoms with E-state index in [2.05, 4.69) is 0 Å². The second-order valence-corrected chi connectivity index (χ2v) is 13.7. The molecule has 0 unspecified atom stereocenters. The summed E-state index contributed by atoms with van der Waals surface area (Å²) in [5, 5.41) is -0.408. The zero-order valence-corrected chi connectivity index (χ0v) is 21.9. The van der Waals surface area contributed by atoms with E-state index in [1.165, 1.54) is 24.3 Å². The summed E-state index contributed by atoms with van der Waals surface area (Å²) in [5.41, 5.74) is 2.03. The number of halogens is 1. The van der Waals surface area contributed by atoms with Crippen LogP contribution in [-0.2, 0) is 19.7 Å². The van der Waals surface area contributed by atoms with E-state index in [-0.39, 0.29) is 15.7 Å². The molecule has 1 aliphatic carbocycles. The van der Waals surface area contributed by atoms with Gasteiger partial charge in [-0.2, -0.15) is 0 Å². The van der Waals surface area contributed by atoms with Crippen molar-refractivity contribution in [3.05, 3.63) is 78.1 Å². The molecule has 1 saturated carbocycles. The third kappa shape index (κ3) is 5.13. The molecule has 2 fully saturated rings. The zero-order chi connectivity index (χ0) is 26.4. The van der Waals surface area contributed by atoms with Gasteiger partial charge < -0.3 is 9.80 Å². The van der Waals surface area contributed by atoms with E-state index in [1.54, 1.807) is 15.9 Å². The molecule has 194 valence electrons. The van der Waals surface area contributed by atoms with Gasteiger partial charge in [0, 0.05) is 38.0 Å². The molecule has 0 radical (unpaired) electrons. The average Bonchev–Trinajstić information content (AvgIpc) is 3.74. The molecule has 2 aliphatic rings. The van der Waals surface area contributed by atoms with Gasteiger partial charge in [0.05, 0.1) is 20.7 Å². The first-order chi connectivity index (χ1) is 17.6. The van der Waals surface area contributed by atoms with Crippen molar-refractivity contribution in [3.63, 3.8) is 0 Å². The van der Waals surface area contributed by atoms with E-state index < -0.39 is 30.7 Å². The first-order valence-electron chi connectivity index (χ1n) is 12.0. The average molecular weight is 543 g/mol. The minimum Gasteiger partial charge on any atom is -0.366 e. The summed E-state index contributed by atoms with van der Waals surface area (Å²) in [7, 11) is -7.00. The number of anilines is 1. The summed E-state index contributed by atoms with van der Waals surface area (Å²) in [4.78, 5) is 17.1. The fraction of sp³-hybridized carbons (Fsp3) is 0.296. The van der Waals surface area contributed by atoms with Crippen molar-refractivity contribution in [1.29, 1.82) is 0 Å². The molecular weight excluding hydrogens is 515 g/mol. The third-order valence-electron chi connectivity index (χ3n) is 6.85. The van der Waals surface area contributed by atoms with Crippen LogP contribution in [0.2, 0.25) is 0 Å². The van der Waals surface area contributed by atoms with Crippen LogP contribution in [0.25, 0.3) is 11.1 Å². The van der Waals surface area contributed by atoms with Crippen LogP contribution in [0, 0.1) is 5.82 Å². The Kier molecular flexibility index (Phi) is 6.57. The van der Waals surface area contributed by atoms with Gasteiger partial charge in [-0.1, -0.05) is 36.4 Å². The standard InChI is InChI=1S/C27H27FN2O5S2/c1-36(32,33)21-9-11-23(19-5-3-2-4-6-19)24(17-21)27(31)30-15-13-29(14-16-30)26-12-10-22(18-25(26)28)37(34,35)20-7-8-20/h2-6,9-12,17-18,20H,7-8,13-16H2,1H3. The van der Waals surface area contributed by atoms with Gasteiger partial charge in [0.1, 0.15) is 5.82 Å². The summed E-state index contributed by atoms with van der Waals surface area (Å²) in [6.45, 7) is 1.31. The van der Waals surface area contributed by atoms with Gasteiger partial charge >= 0.3 is 0 Å². The first-order valence-corrected chi connectivity index (χ1v) is 15.5. The summed E-state index contributed by atoms with van der Waals surface area (Å²) >= 11 is 0. The highest BCUT2D eigenvalue weighted by molar-refractivity contribution is 7.92. The Labute approximate surface area is 216 Å². The van der Waals surface area contributed by atoms with Gasteiger partial charge in [-0.05, 0) is 54.3 Å². The van der Waals surface area contributed by atoms with Crippen molar-refractivity contribution in [1.82, 2.24) is 4.90 Å². The number of rotatable bonds is 6. The maximum atomic E-state index is 14.9. The fourth-order valence-corrected chi connectivity index (χ4v) is 6.93. The second kappa shape index (κ2) is 9.57. The van der Waals surface area contributed by atoms with Crippen LogP contribution in [0.15, 0.2) is 76.5 Å². The summed E-state index contributed by atoms with van der Waals surface area (Å²) in [6.07, 6.45) is 2.33. The van der Waals surface area contributed by atoms with Gasteiger partial charge in [-0.3, -0.25) is 4.79 Å². The van der Waals surface area contributed by atoms with E-state index in [9.17, 15) is 26.0 Å². The van der Waals surface area contributed by atoms with E-state index in [0.717, 1.165) is 17.9 Å². The Bertz CT molecular complexity index is 1560. The summed E-state index contributed by atoms with van der Waals surface area (Å²) < 4.78 is 64.2. The number of piperazine rings is 1. The predicted octanol–water partition coefficient (Wildman–Crippen LogP) is 3.79. The molecule has 37 heavy (non-hydrogen) atoms. The number of amides is 1. The van der Waals surface area contributed by atoms with E-state index in [1.807, 2.05) is 30.3 Å². The minimum atomic E-state index is -3.52. The van der Waals surface area contributed by atoms with Crippen molar-refractivity contribution < 1.29 is 26.0 Å². The van der Waals surface area contributed by atoms with Gasteiger partial charge in [0.2, 0.25) is 0 Å². The molecule has 3 aromatic carbocycles. The number of benzene rings is 3. The van der Waals surface area contributed by atoms with Crippen LogP contribution in [-0.4, -0.2) is 65.3 Å². The highest BCUT2D eigenvalue weighted by Crippen LogP contribution is 2.35. The van der Waals surface area contributed by atoms with Crippen molar-refractivity contribution in [2.45, 2.75) is 27.9 Å². The van der Waals surface area contributed by atoms with Crippen LogP contribution in [0.4, 0.5) is 10.1 Å². The van der Waals surface area contributed by atoms with Crippen molar-refractivity contribution in [2.75, 3.05) is 37.3 Å². The number of hydrogen-bond acceptors (Lipinski definition) is 6. The predicted molar refractivity (Wildman–Crippen MR) is 140 cm³/mol. The summed E-state index contributed by atoms with van der Waals surface area (Å²) in [5.74, 6) is -0.899. The Balaban J connectivity index is 1.36. The van der Waals surface area contributed by atoms with E-state index in [0.29, 0.717) is 55.8 Å². The quantitative estimate of drug-likeness (QED) is 0.471. The molecule has 0 bridgehead atoms. The molecule has 0 N–H and O–H groups in total. The SMILES string of the molecule is CS(=O)(=O)c1ccc(-c2ccccc2)c(C(=O)N2CCN(c3ccc(S(=O)(=O)C4CC4)cc3F)CC2)c1. The van der Waals surface area contributed by atoms with Crippen LogP contribution in [0.1, 0.15) is 23.2 Å². The normalized spacial score (nSPS) is 16.6. The topological polar surface area (TPSA) is 91.8 Å². The number of hydrogen-bond donors (Lipinski definition) is 0. The molecule has 1 saturated heterocycles. The molecule has 1 heterocycles. The van der Waals surface area contributed by atoms with Crippen LogP contribution < -0.4 is 4.90 Å². The van der Waals surface area contributed by atoms with E-state index >= 15 is 0 Å². The highest BCUT2D eigenvalue weighted by Gasteiger charge is 2.37. The maximum Gasteiger partial charge on any atom is 0.254 e. The van der Waals surface area contributed by atoms with Crippen LogP contribution in [0.5, 0.6) is 0 Å². The molecule has 10 heteroatoms. The lowest BCUT2D eigenvalue weighted by atomic mass is 9.98. The van der Waals surface area contributed by atoms with Crippen molar-refractivity contribution >= 4 is 31.3 Å². The molecule has 1 amide bonds. The minimum absolute atomic E-state index is 0.00395.